The average Bonchev–Trinajstić information content (AvgIpc) is 2.45. The van der Waals surface area contributed by atoms with Crippen LogP contribution in [0.1, 0.15) is 44.7 Å². The van der Waals surface area contributed by atoms with E-state index in [1.54, 1.807) is 0 Å². The third kappa shape index (κ3) is 5.64. The number of nitrogens with one attached hydrogen (secondary N) is 1. The fraction of sp³-hybridized carbons (Fsp3) is 0.667. The van der Waals surface area contributed by atoms with E-state index in [1.165, 1.54) is 24.0 Å². The lowest BCUT2D eigenvalue weighted by molar-refractivity contribution is 0.238. The molecule has 0 amide bonds. The number of likely N-dealkylation sites (N-methyl/N-ethyl adjacent to an activating group) is 1. The topological polar surface area (TPSA) is 15.3 Å². The van der Waals surface area contributed by atoms with E-state index in [-0.39, 0.29) is 0 Å². The summed E-state index contributed by atoms with van der Waals surface area (Å²) in [5.41, 5.74) is 2.83. The van der Waals surface area contributed by atoms with Crippen LogP contribution in [0, 0.1) is 12.8 Å². The number of hydrogen-bond acceptors (Lipinski definition) is 2. The Hall–Kier alpha value is -0.860. The Morgan fingerprint density at radius 2 is 1.90 bits per heavy atom. The standard InChI is InChI=1S/C18H32N2/c1-6-12-19-18(15(3)7-2)14-20(5)13-17-11-9-8-10-16(17)4/h8-11,15,18-19H,6-7,12-14H2,1-5H3. The summed E-state index contributed by atoms with van der Waals surface area (Å²) in [6, 6.07) is 9.28. The molecule has 2 atom stereocenters. The van der Waals surface area contributed by atoms with Crippen LogP contribution in [0.25, 0.3) is 0 Å². The van der Waals surface area contributed by atoms with Crippen LogP contribution in [-0.2, 0) is 6.54 Å². The minimum Gasteiger partial charge on any atom is -0.312 e. The number of benzene rings is 1. The largest absolute Gasteiger partial charge is 0.312 e. The van der Waals surface area contributed by atoms with Gasteiger partial charge in [0.25, 0.3) is 0 Å². The molecule has 0 aliphatic carbocycles. The molecule has 2 nitrogen and oxygen atoms in total. The average molecular weight is 276 g/mol. The van der Waals surface area contributed by atoms with Crippen molar-refractivity contribution in [1.29, 1.82) is 0 Å². The van der Waals surface area contributed by atoms with Gasteiger partial charge in [0.05, 0.1) is 0 Å². The zero-order valence-corrected chi connectivity index (χ0v) is 13.9. The molecular weight excluding hydrogens is 244 g/mol. The number of nitrogens with zero attached hydrogens (tertiary/aromatic N) is 1. The maximum atomic E-state index is 3.71. The molecule has 2 unspecified atom stereocenters. The van der Waals surface area contributed by atoms with E-state index in [0.717, 1.165) is 25.6 Å². The second-order valence-electron chi connectivity index (χ2n) is 6.07. The van der Waals surface area contributed by atoms with Crippen molar-refractivity contribution < 1.29 is 0 Å². The molecule has 0 heterocycles. The van der Waals surface area contributed by atoms with Crippen molar-refractivity contribution in [2.45, 2.75) is 53.1 Å². The van der Waals surface area contributed by atoms with E-state index < -0.39 is 0 Å². The molecule has 1 aromatic carbocycles. The second kappa shape index (κ2) is 9.15. The SMILES string of the molecule is CCCNC(CN(C)Cc1ccccc1C)C(C)CC. The minimum absolute atomic E-state index is 0.592. The molecule has 0 fully saturated rings. The zero-order valence-electron chi connectivity index (χ0n) is 13.9. The van der Waals surface area contributed by atoms with Crippen LogP contribution in [0.2, 0.25) is 0 Å². The van der Waals surface area contributed by atoms with Crippen molar-refractivity contribution in [2.75, 3.05) is 20.1 Å². The quantitative estimate of drug-likeness (QED) is 0.737. The van der Waals surface area contributed by atoms with Crippen molar-refractivity contribution in [3.05, 3.63) is 35.4 Å². The fourth-order valence-electron chi connectivity index (χ4n) is 2.54. The Balaban J connectivity index is 2.56. The zero-order chi connectivity index (χ0) is 15.0. The Morgan fingerprint density at radius 1 is 1.20 bits per heavy atom. The summed E-state index contributed by atoms with van der Waals surface area (Å²) in [5, 5.41) is 3.71. The van der Waals surface area contributed by atoms with Crippen molar-refractivity contribution in [3.63, 3.8) is 0 Å². The van der Waals surface area contributed by atoms with Crippen molar-refractivity contribution in [2.24, 2.45) is 5.92 Å². The Morgan fingerprint density at radius 3 is 2.50 bits per heavy atom. The van der Waals surface area contributed by atoms with E-state index >= 15 is 0 Å². The monoisotopic (exact) mass is 276 g/mol. The van der Waals surface area contributed by atoms with Crippen LogP contribution in [0.3, 0.4) is 0 Å². The molecule has 1 aromatic rings. The molecule has 0 aliphatic rings. The maximum absolute atomic E-state index is 3.71. The van der Waals surface area contributed by atoms with Crippen molar-refractivity contribution >= 4 is 0 Å². The van der Waals surface area contributed by atoms with Crippen LogP contribution >= 0.6 is 0 Å². The predicted octanol–water partition coefficient (Wildman–Crippen LogP) is 3.84. The lowest BCUT2D eigenvalue weighted by Crippen LogP contribution is -2.43. The highest BCUT2D eigenvalue weighted by Crippen LogP contribution is 2.13. The van der Waals surface area contributed by atoms with Crippen LogP contribution in [0.15, 0.2) is 24.3 Å². The van der Waals surface area contributed by atoms with Gasteiger partial charge >= 0.3 is 0 Å². The van der Waals surface area contributed by atoms with Gasteiger partial charge in [-0.25, -0.2) is 0 Å². The first-order chi connectivity index (χ1) is 9.58. The van der Waals surface area contributed by atoms with Gasteiger partial charge in [0.2, 0.25) is 0 Å². The van der Waals surface area contributed by atoms with Crippen LogP contribution in [-0.4, -0.2) is 31.1 Å². The van der Waals surface area contributed by atoms with E-state index in [0.29, 0.717) is 6.04 Å². The first-order valence-corrected chi connectivity index (χ1v) is 8.04. The molecule has 0 bridgehead atoms. The number of aryl methyl sites for hydroxylation is 1. The molecule has 0 saturated heterocycles. The van der Waals surface area contributed by atoms with Crippen LogP contribution in [0.4, 0.5) is 0 Å². The lowest BCUT2D eigenvalue weighted by Gasteiger charge is -2.29. The van der Waals surface area contributed by atoms with Crippen LogP contribution in [0.5, 0.6) is 0 Å². The second-order valence-corrected chi connectivity index (χ2v) is 6.07. The summed E-state index contributed by atoms with van der Waals surface area (Å²) in [6.07, 6.45) is 2.44. The van der Waals surface area contributed by atoms with Gasteiger partial charge in [-0.2, -0.15) is 0 Å². The first-order valence-electron chi connectivity index (χ1n) is 8.04. The highest BCUT2D eigenvalue weighted by molar-refractivity contribution is 5.25. The summed E-state index contributed by atoms with van der Waals surface area (Å²) in [5.74, 6) is 0.723. The van der Waals surface area contributed by atoms with E-state index in [9.17, 15) is 0 Å². The summed E-state index contributed by atoms with van der Waals surface area (Å²) in [6.45, 7) is 12.3. The van der Waals surface area contributed by atoms with E-state index in [2.05, 4.69) is 69.2 Å². The van der Waals surface area contributed by atoms with Crippen LogP contribution < -0.4 is 5.32 Å². The summed E-state index contributed by atoms with van der Waals surface area (Å²) in [7, 11) is 2.23. The smallest absolute Gasteiger partial charge is 0.0233 e. The van der Waals surface area contributed by atoms with Crippen molar-refractivity contribution in [1.82, 2.24) is 10.2 Å². The fourth-order valence-corrected chi connectivity index (χ4v) is 2.54. The Labute approximate surface area is 125 Å². The molecule has 0 radical (unpaired) electrons. The van der Waals surface area contributed by atoms with Gasteiger partial charge in [0.1, 0.15) is 0 Å². The van der Waals surface area contributed by atoms with Gasteiger partial charge in [-0.3, -0.25) is 0 Å². The van der Waals surface area contributed by atoms with Gasteiger partial charge < -0.3 is 10.2 Å². The molecule has 0 saturated carbocycles. The Bertz CT molecular complexity index is 375. The third-order valence-electron chi connectivity index (χ3n) is 4.20. The Kier molecular flexibility index (Phi) is 7.86. The highest BCUT2D eigenvalue weighted by atomic mass is 15.1. The van der Waals surface area contributed by atoms with Gasteiger partial charge in [0, 0.05) is 19.1 Å². The molecule has 1 N–H and O–H groups in total. The van der Waals surface area contributed by atoms with Gasteiger partial charge in [-0.05, 0) is 44.0 Å². The molecule has 0 spiro atoms. The normalized spacial score (nSPS) is 14.5. The summed E-state index contributed by atoms with van der Waals surface area (Å²) >= 11 is 0. The van der Waals surface area contributed by atoms with Gasteiger partial charge in [-0.15, -0.1) is 0 Å². The van der Waals surface area contributed by atoms with E-state index in [4.69, 9.17) is 0 Å². The number of rotatable bonds is 9. The summed E-state index contributed by atoms with van der Waals surface area (Å²) < 4.78 is 0. The molecular formula is C18H32N2. The first kappa shape index (κ1) is 17.2. The highest BCUT2D eigenvalue weighted by Gasteiger charge is 2.17. The van der Waals surface area contributed by atoms with Gasteiger partial charge in [0.15, 0.2) is 0 Å². The molecule has 20 heavy (non-hydrogen) atoms. The van der Waals surface area contributed by atoms with Gasteiger partial charge in [-0.1, -0.05) is 51.5 Å². The molecule has 0 aromatic heterocycles. The molecule has 1 rings (SSSR count). The molecule has 114 valence electrons. The predicted molar refractivity (Wildman–Crippen MR) is 89.0 cm³/mol. The molecule has 0 aliphatic heterocycles. The summed E-state index contributed by atoms with van der Waals surface area (Å²) in [4.78, 5) is 2.45. The van der Waals surface area contributed by atoms with E-state index in [1.807, 2.05) is 0 Å². The third-order valence-corrected chi connectivity index (χ3v) is 4.20. The van der Waals surface area contributed by atoms with Crippen molar-refractivity contribution in [3.8, 4) is 0 Å². The lowest BCUT2D eigenvalue weighted by atomic mass is 9.98. The number of hydrogen-bond donors (Lipinski definition) is 1. The molecule has 2 heteroatoms. The maximum Gasteiger partial charge on any atom is 0.0233 e. The minimum atomic E-state index is 0.592.